The van der Waals surface area contributed by atoms with Gasteiger partial charge >= 0.3 is 5.97 Å². The highest BCUT2D eigenvalue weighted by atomic mass is 32.2. The summed E-state index contributed by atoms with van der Waals surface area (Å²) in [5.74, 6) is 0.987. The van der Waals surface area contributed by atoms with Crippen LogP contribution in [-0.4, -0.2) is 40.1 Å². The fourth-order valence-electron chi connectivity index (χ4n) is 1.32. The van der Waals surface area contributed by atoms with E-state index in [1.807, 2.05) is 11.8 Å². The topological polar surface area (TPSA) is 57.6 Å². The minimum Gasteiger partial charge on any atom is -0.478 e. The summed E-state index contributed by atoms with van der Waals surface area (Å²) in [5.41, 5.74) is 0. The van der Waals surface area contributed by atoms with Crippen molar-refractivity contribution in [3.63, 3.8) is 0 Å². The minimum atomic E-state index is -0.981. The molecule has 0 aliphatic carbocycles. The molecule has 1 amide bonds. The molecule has 0 heterocycles. The lowest BCUT2D eigenvalue weighted by atomic mass is 10.1. The quantitative estimate of drug-likeness (QED) is 0.757. The molecule has 0 aromatic carbocycles. The first-order valence-electron chi connectivity index (χ1n) is 6.51. The number of carboxylic acids is 1. The molecule has 0 atom stereocenters. The third-order valence-corrected chi connectivity index (χ3v) is 2.67. The van der Waals surface area contributed by atoms with Crippen LogP contribution in [0.2, 0.25) is 0 Å². The highest BCUT2D eigenvalue weighted by molar-refractivity contribution is 8.13. The van der Waals surface area contributed by atoms with Gasteiger partial charge in [-0.25, -0.2) is 4.79 Å². The van der Waals surface area contributed by atoms with Crippen LogP contribution in [0.25, 0.3) is 0 Å². The number of nitrogens with zero attached hydrogens (tertiary/aromatic N) is 1. The second kappa shape index (κ2) is 12.1. The first-order valence-corrected chi connectivity index (χ1v) is 7.50. The Hall–Kier alpha value is -0.970. The Bertz CT molecular complexity index is 268. The molecule has 0 spiro atoms. The number of carbonyl (C=O) groups is 2. The minimum absolute atomic E-state index is 0.231. The lowest BCUT2D eigenvalue weighted by Gasteiger charge is -2.25. The Morgan fingerprint density at radius 3 is 1.79 bits per heavy atom. The van der Waals surface area contributed by atoms with Crippen LogP contribution in [0.15, 0.2) is 12.7 Å². The van der Waals surface area contributed by atoms with Gasteiger partial charge in [0.05, 0.1) is 0 Å². The molecule has 0 aliphatic heterocycles. The van der Waals surface area contributed by atoms with Gasteiger partial charge < -0.3 is 10.0 Å². The summed E-state index contributed by atoms with van der Waals surface area (Å²) in [6.07, 6.45) is 0.833. The van der Waals surface area contributed by atoms with Gasteiger partial charge in [-0.05, 0) is 17.6 Å². The van der Waals surface area contributed by atoms with Crippen LogP contribution >= 0.6 is 11.8 Å². The van der Waals surface area contributed by atoms with E-state index in [4.69, 9.17) is 5.11 Å². The molecule has 4 nitrogen and oxygen atoms in total. The summed E-state index contributed by atoms with van der Waals surface area (Å²) >= 11 is 1.41. The van der Waals surface area contributed by atoms with Gasteiger partial charge in [0.2, 0.25) is 0 Å². The van der Waals surface area contributed by atoms with Crippen molar-refractivity contribution >= 4 is 23.0 Å². The molecule has 112 valence electrons. The number of hydrogen-bond acceptors (Lipinski definition) is 3. The number of aliphatic carboxylic acids is 1. The second-order valence-electron chi connectivity index (χ2n) is 4.93. The fraction of sp³-hybridized carbons (Fsp3) is 0.714. The molecule has 0 rings (SSSR count). The van der Waals surface area contributed by atoms with E-state index in [1.54, 1.807) is 0 Å². The van der Waals surface area contributed by atoms with Crippen molar-refractivity contribution in [1.82, 2.24) is 4.90 Å². The zero-order valence-corrected chi connectivity index (χ0v) is 13.5. The van der Waals surface area contributed by atoms with Crippen LogP contribution in [0, 0.1) is 11.8 Å². The number of carboxylic acid groups (broad SMARTS) is 1. The van der Waals surface area contributed by atoms with Crippen molar-refractivity contribution in [1.29, 1.82) is 0 Å². The van der Waals surface area contributed by atoms with Crippen LogP contribution in [0.1, 0.15) is 34.6 Å². The van der Waals surface area contributed by atoms with Crippen LogP contribution in [-0.2, 0) is 4.79 Å². The van der Waals surface area contributed by atoms with Crippen molar-refractivity contribution in [3.8, 4) is 0 Å². The first-order chi connectivity index (χ1) is 8.74. The van der Waals surface area contributed by atoms with E-state index in [9.17, 15) is 9.59 Å². The van der Waals surface area contributed by atoms with Crippen LogP contribution in [0.4, 0.5) is 4.79 Å². The fourth-order valence-corrected chi connectivity index (χ4v) is 1.90. The molecule has 0 unspecified atom stereocenters. The maximum atomic E-state index is 11.7. The Labute approximate surface area is 121 Å². The van der Waals surface area contributed by atoms with Crippen molar-refractivity contribution in [2.24, 2.45) is 11.8 Å². The van der Waals surface area contributed by atoms with Crippen molar-refractivity contribution in [2.45, 2.75) is 34.6 Å². The molecule has 0 aromatic rings. The number of hydrogen-bond donors (Lipinski definition) is 1. The number of amides is 1. The standard InChI is InChI=1S/C11H23NOS.C3H4O2/c1-6-14-11(13)12(7-9(2)3)8-10(4)5;1-2-3(4)5/h9-10H,6-8H2,1-5H3;2H,1H2,(H,4,5). The largest absolute Gasteiger partial charge is 0.478 e. The van der Waals surface area contributed by atoms with E-state index in [1.165, 1.54) is 11.8 Å². The van der Waals surface area contributed by atoms with Crippen molar-refractivity contribution < 1.29 is 14.7 Å². The molecular weight excluding hydrogens is 262 g/mol. The van der Waals surface area contributed by atoms with Crippen LogP contribution < -0.4 is 0 Å². The summed E-state index contributed by atoms with van der Waals surface area (Å²) in [4.78, 5) is 22.9. The molecule has 0 aromatic heterocycles. The molecule has 19 heavy (non-hydrogen) atoms. The lowest BCUT2D eigenvalue weighted by molar-refractivity contribution is -0.131. The summed E-state index contributed by atoms with van der Waals surface area (Å²) < 4.78 is 0. The van der Waals surface area contributed by atoms with Gasteiger partial charge in [-0.2, -0.15) is 0 Å². The summed E-state index contributed by atoms with van der Waals surface area (Å²) in [6.45, 7) is 15.3. The molecule has 0 radical (unpaired) electrons. The number of carbonyl (C=O) groups excluding carboxylic acids is 1. The highest BCUT2D eigenvalue weighted by Gasteiger charge is 2.15. The molecule has 0 fully saturated rings. The Morgan fingerprint density at radius 2 is 1.58 bits per heavy atom. The van der Waals surface area contributed by atoms with Gasteiger partial charge in [0.15, 0.2) is 0 Å². The molecule has 0 aliphatic rings. The molecule has 1 N–H and O–H groups in total. The second-order valence-corrected chi connectivity index (χ2v) is 6.15. The van der Waals surface area contributed by atoms with Crippen molar-refractivity contribution in [3.05, 3.63) is 12.7 Å². The highest BCUT2D eigenvalue weighted by Crippen LogP contribution is 2.12. The average Bonchev–Trinajstić information content (AvgIpc) is 2.28. The first kappa shape index (κ1) is 20.3. The summed E-state index contributed by atoms with van der Waals surface area (Å²) in [5, 5.41) is 7.84. The predicted octanol–water partition coefficient (Wildman–Crippen LogP) is 3.73. The third kappa shape index (κ3) is 15.0. The maximum absolute atomic E-state index is 11.7. The van der Waals surface area contributed by atoms with Gasteiger partial charge in [-0.1, -0.05) is 53.0 Å². The molecule has 0 saturated heterocycles. The number of rotatable bonds is 6. The van der Waals surface area contributed by atoms with Gasteiger partial charge in [0, 0.05) is 19.2 Å². The van der Waals surface area contributed by atoms with Gasteiger partial charge in [0.1, 0.15) is 0 Å². The smallest absolute Gasteiger partial charge is 0.327 e. The maximum Gasteiger partial charge on any atom is 0.327 e. The zero-order valence-electron chi connectivity index (χ0n) is 12.7. The van der Waals surface area contributed by atoms with E-state index < -0.39 is 5.97 Å². The van der Waals surface area contributed by atoms with Crippen molar-refractivity contribution in [2.75, 3.05) is 18.8 Å². The predicted molar refractivity (Wildman–Crippen MR) is 82.6 cm³/mol. The van der Waals surface area contributed by atoms with E-state index in [-0.39, 0.29) is 5.24 Å². The molecule has 0 saturated carbocycles. The number of thioether (sulfide) groups is 1. The summed E-state index contributed by atoms with van der Waals surface area (Å²) in [6, 6.07) is 0. The van der Waals surface area contributed by atoms with E-state index in [0.29, 0.717) is 11.8 Å². The van der Waals surface area contributed by atoms with E-state index in [0.717, 1.165) is 24.9 Å². The average molecular weight is 289 g/mol. The lowest BCUT2D eigenvalue weighted by Crippen LogP contribution is -2.34. The molecular formula is C14H27NO3S. The Balaban J connectivity index is 0. The Kier molecular flexibility index (Phi) is 12.9. The monoisotopic (exact) mass is 289 g/mol. The van der Waals surface area contributed by atoms with E-state index >= 15 is 0 Å². The SMILES string of the molecule is C=CC(=O)O.CCSC(=O)N(CC(C)C)CC(C)C. The molecule has 5 heteroatoms. The summed E-state index contributed by atoms with van der Waals surface area (Å²) in [7, 11) is 0. The molecule has 0 bridgehead atoms. The van der Waals surface area contributed by atoms with Crippen LogP contribution in [0.5, 0.6) is 0 Å². The zero-order chi connectivity index (χ0) is 15.4. The normalized spacial score (nSPS) is 9.84. The Morgan fingerprint density at radius 1 is 1.21 bits per heavy atom. The van der Waals surface area contributed by atoms with Gasteiger partial charge in [-0.3, -0.25) is 4.79 Å². The van der Waals surface area contributed by atoms with Gasteiger partial charge in [-0.15, -0.1) is 0 Å². The third-order valence-electron chi connectivity index (χ3n) is 1.87. The van der Waals surface area contributed by atoms with E-state index in [2.05, 4.69) is 34.3 Å². The van der Waals surface area contributed by atoms with Gasteiger partial charge in [0.25, 0.3) is 5.24 Å². The van der Waals surface area contributed by atoms with Crippen LogP contribution in [0.3, 0.4) is 0 Å².